The van der Waals surface area contributed by atoms with Gasteiger partial charge in [-0.2, -0.15) is 0 Å². The third-order valence-corrected chi connectivity index (χ3v) is 3.68. The van der Waals surface area contributed by atoms with Crippen LogP contribution in [-0.2, 0) is 0 Å². The molecule has 0 bridgehead atoms. The number of phenolic OH excluding ortho intramolecular Hbond substituents is 1. The van der Waals surface area contributed by atoms with E-state index in [1.165, 1.54) is 45.3 Å². The average Bonchev–Trinajstić information content (AvgIpc) is 2.44. The predicted molar refractivity (Wildman–Crippen MR) is 78.5 cm³/mol. The van der Waals surface area contributed by atoms with Gasteiger partial charge in [-0.05, 0) is 51.4 Å². The second kappa shape index (κ2) is 7.29. The summed E-state index contributed by atoms with van der Waals surface area (Å²) >= 11 is 0. The zero-order valence-corrected chi connectivity index (χ0v) is 12.1. The lowest BCUT2D eigenvalue weighted by atomic mass is 10.1. The van der Waals surface area contributed by atoms with Crippen molar-refractivity contribution in [2.75, 3.05) is 26.2 Å². The molecule has 4 nitrogen and oxygen atoms in total. The summed E-state index contributed by atoms with van der Waals surface area (Å²) in [5, 5.41) is 9.71. The Morgan fingerprint density at radius 1 is 1.30 bits per heavy atom. The fourth-order valence-corrected chi connectivity index (χ4v) is 2.56. The topological polar surface area (TPSA) is 49.8 Å². The van der Waals surface area contributed by atoms with Crippen LogP contribution in [0.1, 0.15) is 43.0 Å². The zero-order chi connectivity index (χ0) is 14.4. The number of aromatic hydroxyl groups is 1. The number of likely N-dealkylation sites (tertiary alicyclic amines) is 1. The first kappa shape index (κ1) is 14.9. The molecular weight excluding hydrogens is 254 g/mol. The van der Waals surface area contributed by atoms with Crippen molar-refractivity contribution in [1.29, 1.82) is 0 Å². The SMILES string of the molecule is CC(=O)c1ccc(OCCCN2CCCCC2)cc1O. The summed E-state index contributed by atoms with van der Waals surface area (Å²) < 4.78 is 5.61. The molecular formula is C16H23NO3. The first-order chi connectivity index (χ1) is 9.66. The molecule has 1 N–H and O–H groups in total. The van der Waals surface area contributed by atoms with Gasteiger partial charge in [0.15, 0.2) is 5.78 Å². The number of nitrogens with zero attached hydrogens (tertiary/aromatic N) is 1. The molecule has 110 valence electrons. The standard InChI is InChI=1S/C16H23NO3/c1-13(18)15-7-6-14(12-16(15)19)20-11-5-10-17-8-3-2-4-9-17/h6-7,12,19H,2-5,8-11H2,1H3. The Hall–Kier alpha value is -1.55. The van der Waals surface area contributed by atoms with Gasteiger partial charge in [0.25, 0.3) is 0 Å². The van der Waals surface area contributed by atoms with E-state index in [-0.39, 0.29) is 11.5 Å². The maximum atomic E-state index is 11.2. The van der Waals surface area contributed by atoms with Crippen LogP contribution in [0, 0.1) is 0 Å². The molecule has 0 spiro atoms. The zero-order valence-electron chi connectivity index (χ0n) is 12.1. The lowest BCUT2D eigenvalue weighted by Gasteiger charge is -2.26. The first-order valence-electron chi connectivity index (χ1n) is 7.36. The van der Waals surface area contributed by atoms with E-state index in [2.05, 4.69) is 4.90 Å². The number of Topliss-reactive ketones (excluding diaryl/α,β-unsaturated/α-hetero) is 1. The molecule has 4 heteroatoms. The number of rotatable bonds is 6. The maximum absolute atomic E-state index is 11.2. The largest absolute Gasteiger partial charge is 0.507 e. The Labute approximate surface area is 120 Å². The molecule has 0 aromatic heterocycles. The number of ketones is 1. The average molecular weight is 277 g/mol. The summed E-state index contributed by atoms with van der Waals surface area (Å²) in [5.41, 5.74) is 0.339. The number of carbonyl (C=O) groups is 1. The molecule has 20 heavy (non-hydrogen) atoms. The Morgan fingerprint density at radius 2 is 2.05 bits per heavy atom. The molecule has 1 aliphatic heterocycles. The monoisotopic (exact) mass is 277 g/mol. The number of piperidine rings is 1. The van der Waals surface area contributed by atoms with Gasteiger partial charge in [0.1, 0.15) is 11.5 Å². The number of carbonyl (C=O) groups excluding carboxylic acids is 1. The van der Waals surface area contributed by atoms with Gasteiger partial charge >= 0.3 is 0 Å². The van der Waals surface area contributed by atoms with Crippen molar-refractivity contribution in [3.63, 3.8) is 0 Å². The van der Waals surface area contributed by atoms with Crippen molar-refractivity contribution in [2.45, 2.75) is 32.6 Å². The van der Waals surface area contributed by atoms with Crippen molar-refractivity contribution >= 4 is 5.78 Å². The summed E-state index contributed by atoms with van der Waals surface area (Å²) in [7, 11) is 0. The molecule has 1 fully saturated rings. The Kier molecular flexibility index (Phi) is 5.41. The van der Waals surface area contributed by atoms with E-state index in [1.54, 1.807) is 12.1 Å². The van der Waals surface area contributed by atoms with E-state index < -0.39 is 0 Å². The van der Waals surface area contributed by atoms with Gasteiger partial charge in [0.05, 0.1) is 12.2 Å². The predicted octanol–water partition coefficient (Wildman–Crippen LogP) is 2.85. The van der Waals surface area contributed by atoms with Crippen LogP contribution >= 0.6 is 0 Å². The van der Waals surface area contributed by atoms with Crippen LogP contribution in [0.5, 0.6) is 11.5 Å². The number of ether oxygens (including phenoxy) is 1. The first-order valence-corrected chi connectivity index (χ1v) is 7.36. The second-order valence-corrected chi connectivity index (χ2v) is 5.34. The van der Waals surface area contributed by atoms with Gasteiger partial charge in [-0.3, -0.25) is 4.79 Å². The van der Waals surface area contributed by atoms with Crippen LogP contribution in [-0.4, -0.2) is 42.0 Å². The van der Waals surface area contributed by atoms with Crippen LogP contribution in [0.3, 0.4) is 0 Å². The fourth-order valence-electron chi connectivity index (χ4n) is 2.56. The highest BCUT2D eigenvalue weighted by molar-refractivity contribution is 5.96. The van der Waals surface area contributed by atoms with Crippen LogP contribution in [0.2, 0.25) is 0 Å². The molecule has 0 aliphatic carbocycles. The molecule has 0 unspecified atom stereocenters. The number of benzene rings is 1. The molecule has 1 aliphatic rings. The van der Waals surface area contributed by atoms with E-state index >= 15 is 0 Å². The summed E-state index contributed by atoms with van der Waals surface area (Å²) in [4.78, 5) is 13.7. The highest BCUT2D eigenvalue weighted by atomic mass is 16.5. The fraction of sp³-hybridized carbons (Fsp3) is 0.562. The van der Waals surface area contributed by atoms with E-state index in [1.807, 2.05) is 0 Å². The molecule has 1 heterocycles. The van der Waals surface area contributed by atoms with Crippen molar-refractivity contribution < 1.29 is 14.6 Å². The Bertz CT molecular complexity index is 453. The molecule has 1 aromatic rings. The summed E-state index contributed by atoms with van der Waals surface area (Å²) in [6, 6.07) is 4.85. The summed E-state index contributed by atoms with van der Waals surface area (Å²) in [5.74, 6) is 0.469. The third-order valence-electron chi connectivity index (χ3n) is 3.68. The minimum absolute atomic E-state index is 0.00831. The van der Waals surface area contributed by atoms with Crippen molar-refractivity contribution in [3.8, 4) is 11.5 Å². The van der Waals surface area contributed by atoms with Crippen LogP contribution in [0.15, 0.2) is 18.2 Å². The van der Waals surface area contributed by atoms with Crippen molar-refractivity contribution in [2.24, 2.45) is 0 Å². The minimum atomic E-state index is -0.140. The van der Waals surface area contributed by atoms with Crippen LogP contribution < -0.4 is 4.74 Å². The lowest BCUT2D eigenvalue weighted by Crippen LogP contribution is -2.31. The highest BCUT2D eigenvalue weighted by Gasteiger charge is 2.10. The van der Waals surface area contributed by atoms with E-state index in [4.69, 9.17) is 4.74 Å². The number of hydrogen-bond acceptors (Lipinski definition) is 4. The van der Waals surface area contributed by atoms with E-state index in [9.17, 15) is 9.90 Å². The molecule has 2 rings (SSSR count). The third kappa shape index (κ3) is 4.23. The smallest absolute Gasteiger partial charge is 0.163 e. The minimum Gasteiger partial charge on any atom is -0.507 e. The molecule has 0 atom stereocenters. The van der Waals surface area contributed by atoms with Crippen molar-refractivity contribution in [1.82, 2.24) is 4.90 Å². The van der Waals surface area contributed by atoms with Gasteiger partial charge < -0.3 is 14.7 Å². The Balaban J connectivity index is 1.73. The summed E-state index contributed by atoms with van der Waals surface area (Å²) in [6.45, 7) is 5.54. The van der Waals surface area contributed by atoms with E-state index in [0.717, 1.165) is 13.0 Å². The molecule has 1 saturated heterocycles. The lowest BCUT2D eigenvalue weighted by molar-refractivity contribution is 0.101. The van der Waals surface area contributed by atoms with Gasteiger partial charge in [-0.25, -0.2) is 0 Å². The van der Waals surface area contributed by atoms with Gasteiger partial charge in [0, 0.05) is 12.6 Å². The molecule has 1 aromatic carbocycles. The van der Waals surface area contributed by atoms with Crippen molar-refractivity contribution in [3.05, 3.63) is 23.8 Å². The number of phenols is 1. The van der Waals surface area contributed by atoms with Gasteiger partial charge in [-0.15, -0.1) is 0 Å². The molecule has 0 radical (unpaired) electrons. The van der Waals surface area contributed by atoms with Gasteiger partial charge in [-0.1, -0.05) is 6.42 Å². The number of hydrogen-bond donors (Lipinski definition) is 1. The normalized spacial score (nSPS) is 16.1. The quantitative estimate of drug-likeness (QED) is 0.641. The van der Waals surface area contributed by atoms with Gasteiger partial charge in [0.2, 0.25) is 0 Å². The maximum Gasteiger partial charge on any atom is 0.163 e. The van der Waals surface area contributed by atoms with Crippen LogP contribution in [0.4, 0.5) is 0 Å². The Morgan fingerprint density at radius 3 is 2.70 bits per heavy atom. The summed E-state index contributed by atoms with van der Waals surface area (Å²) in [6.07, 6.45) is 4.95. The van der Waals surface area contributed by atoms with Crippen LogP contribution in [0.25, 0.3) is 0 Å². The van der Waals surface area contributed by atoms with E-state index in [0.29, 0.717) is 17.9 Å². The molecule has 0 amide bonds. The molecule has 0 saturated carbocycles. The second-order valence-electron chi connectivity index (χ2n) is 5.34. The highest BCUT2D eigenvalue weighted by Crippen LogP contribution is 2.24.